The van der Waals surface area contributed by atoms with E-state index in [-0.39, 0.29) is 11.9 Å². The Morgan fingerprint density at radius 2 is 2.22 bits per heavy atom. The number of aryl methyl sites for hydroxylation is 1. The summed E-state index contributed by atoms with van der Waals surface area (Å²) in [5, 5.41) is 0. The lowest BCUT2D eigenvalue weighted by Gasteiger charge is -2.18. The zero-order valence-electron chi connectivity index (χ0n) is 10.1. The molecule has 0 saturated carbocycles. The first-order valence-electron chi connectivity index (χ1n) is 5.73. The summed E-state index contributed by atoms with van der Waals surface area (Å²) in [5.74, 6) is 0.362. The summed E-state index contributed by atoms with van der Waals surface area (Å²) < 4.78 is 18.8. The van der Waals surface area contributed by atoms with Crippen LogP contribution in [-0.2, 0) is 0 Å². The van der Waals surface area contributed by atoms with Crippen LogP contribution in [0.3, 0.4) is 0 Å². The first kappa shape index (κ1) is 12.5. The van der Waals surface area contributed by atoms with Crippen LogP contribution in [0.15, 0.2) is 42.7 Å². The van der Waals surface area contributed by atoms with Crippen molar-refractivity contribution < 1.29 is 9.13 Å². The number of rotatable bonds is 4. The molecule has 18 heavy (non-hydrogen) atoms. The Morgan fingerprint density at radius 3 is 2.83 bits per heavy atom. The van der Waals surface area contributed by atoms with Gasteiger partial charge in [-0.05, 0) is 36.8 Å². The molecule has 0 fully saturated rings. The smallest absolute Gasteiger partial charge is 0.137 e. The second-order valence-electron chi connectivity index (χ2n) is 4.04. The molecular formula is C14H15FN2O. The number of aromatic nitrogens is 1. The van der Waals surface area contributed by atoms with Crippen molar-refractivity contribution in [1.82, 2.24) is 4.98 Å². The molecule has 1 aromatic heterocycles. The third-order valence-corrected chi connectivity index (χ3v) is 2.68. The van der Waals surface area contributed by atoms with Gasteiger partial charge in [0.1, 0.15) is 17.7 Å². The maximum absolute atomic E-state index is 13.0. The molecule has 94 valence electrons. The van der Waals surface area contributed by atoms with E-state index in [1.807, 2.05) is 12.1 Å². The van der Waals surface area contributed by atoms with E-state index in [4.69, 9.17) is 10.5 Å². The van der Waals surface area contributed by atoms with Gasteiger partial charge in [0.05, 0.1) is 0 Å². The Bertz CT molecular complexity index is 516. The molecule has 0 spiro atoms. The van der Waals surface area contributed by atoms with Gasteiger partial charge >= 0.3 is 0 Å². The number of benzene rings is 1. The number of nitrogens with zero attached hydrogens (tertiary/aromatic N) is 1. The van der Waals surface area contributed by atoms with Crippen molar-refractivity contribution in [3.63, 3.8) is 0 Å². The van der Waals surface area contributed by atoms with Crippen molar-refractivity contribution in [2.75, 3.05) is 6.54 Å². The van der Waals surface area contributed by atoms with Crippen molar-refractivity contribution in [2.24, 2.45) is 5.73 Å². The lowest BCUT2D eigenvalue weighted by molar-refractivity contribution is 0.212. The number of hydrogen-bond acceptors (Lipinski definition) is 3. The SMILES string of the molecule is Cc1cc(F)ccc1OC(CN)c1cccnc1. The largest absolute Gasteiger partial charge is 0.484 e. The third-order valence-electron chi connectivity index (χ3n) is 2.68. The molecule has 0 amide bonds. The van der Waals surface area contributed by atoms with E-state index >= 15 is 0 Å². The van der Waals surface area contributed by atoms with Crippen molar-refractivity contribution in [1.29, 1.82) is 0 Å². The van der Waals surface area contributed by atoms with E-state index in [1.165, 1.54) is 12.1 Å². The molecule has 0 aliphatic rings. The highest BCUT2D eigenvalue weighted by molar-refractivity contribution is 5.33. The maximum Gasteiger partial charge on any atom is 0.137 e. The van der Waals surface area contributed by atoms with Crippen LogP contribution < -0.4 is 10.5 Å². The quantitative estimate of drug-likeness (QED) is 0.902. The molecule has 3 nitrogen and oxygen atoms in total. The molecule has 2 N–H and O–H groups in total. The third kappa shape index (κ3) is 2.84. The van der Waals surface area contributed by atoms with E-state index in [1.54, 1.807) is 25.4 Å². The van der Waals surface area contributed by atoms with E-state index in [0.29, 0.717) is 12.3 Å². The number of ether oxygens (including phenoxy) is 1. The van der Waals surface area contributed by atoms with Gasteiger partial charge in [0, 0.05) is 24.5 Å². The van der Waals surface area contributed by atoms with Crippen LogP contribution in [0, 0.1) is 12.7 Å². The number of halogens is 1. The van der Waals surface area contributed by atoms with Crippen LogP contribution in [0.25, 0.3) is 0 Å². The molecule has 1 atom stereocenters. The average molecular weight is 246 g/mol. The van der Waals surface area contributed by atoms with E-state index in [9.17, 15) is 4.39 Å². The molecule has 0 aliphatic carbocycles. The highest BCUT2D eigenvalue weighted by Crippen LogP contribution is 2.24. The van der Waals surface area contributed by atoms with Gasteiger partial charge in [-0.25, -0.2) is 4.39 Å². The van der Waals surface area contributed by atoms with Crippen LogP contribution in [0.1, 0.15) is 17.2 Å². The Labute approximate surface area is 105 Å². The average Bonchev–Trinajstić information content (AvgIpc) is 2.39. The minimum Gasteiger partial charge on any atom is -0.484 e. The fraction of sp³-hybridized carbons (Fsp3) is 0.214. The molecule has 0 saturated heterocycles. The second-order valence-corrected chi connectivity index (χ2v) is 4.04. The molecule has 2 rings (SSSR count). The van der Waals surface area contributed by atoms with Gasteiger partial charge in [-0.15, -0.1) is 0 Å². The summed E-state index contributed by atoms with van der Waals surface area (Å²) in [6.07, 6.45) is 3.14. The molecule has 1 unspecified atom stereocenters. The molecule has 0 radical (unpaired) electrons. The zero-order valence-corrected chi connectivity index (χ0v) is 10.1. The van der Waals surface area contributed by atoms with Crippen LogP contribution >= 0.6 is 0 Å². The Balaban J connectivity index is 2.21. The Kier molecular flexibility index (Phi) is 3.89. The first-order valence-corrected chi connectivity index (χ1v) is 5.73. The summed E-state index contributed by atoms with van der Waals surface area (Å²) in [6, 6.07) is 8.16. The summed E-state index contributed by atoms with van der Waals surface area (Å²) in [6.45, 7) is 2.14. The van der Waals surface area contributed by atoms with Crippen molar-refractivity contribution in [3.8, 4) is 5.75 Å². The molecule has 2 aromatic rings. The predicted octanol–water partition coefficient (Wildman–Crippen LogP) is 2.61. The van der Waals surface area contributed by atoms with Crippen molar-refractivity contribution in [2.45, 2.75) is 13.0 Å². The lowest BCUT2D eigenvalue weighted by Crippen LogP contribution is -2.19. The second kappa shape index (κ2) is 5.60. The van der Waals surface area contributed by atoms with Crippen LogP contribution in [0.4, 0.5) is 4.39 Å². The zero-order chi connectivity index (χ0) is 13.0. The van der Waals surface area contributed by atoms with Crippen LogP contribution in [0.5, 0.6) is 5.75 Å². The van der Waals surface area contributed by atoms with E-state index in [0.717, 1.165) is 11.1 Å². The minimum atomic E-state index is -0.275. The molecule has 0 aliphatic heterocycles. The van der Waals surface area contributed by atoms with E-state index < -0.39 is 0 Å². The highest BCUT2D eigenvalue weighted by atomic mass is 19.1. The Hall–Kier alpha value is -1.94. The van der Waals surface area contributed by atoms with Crippen molar-refractivity contribution >= 4 is 0 Å². The summed E-state index contributed by atoms with van der Waals surface area (Å²) in [7, 11) is 0. The topological polar surface area (TPSA) is 48.1 Å². The van der Waals surface area contributed by atoms with Gasteiger partial charge in [-0.1, -0.05) is 6.07 Å². The number of nitrogens with two attached hydrogens (primary N) is 1. The Morgan fingerprint density at radius 1 is 1.39 bits per heavy atom. The standard InChI is InChI=1S/C14H15FN2O/c1-10-7-12(15)4-5-13(10)18-14(8-16)11-3-2-6-17-9-11/h2-7,9,14H,8,16H2,1H3. The van der Waals surface area contributed by atoms with Gasteiger partial charge in [-0.2, -0.15) is 0 Å². The van der Waals surface area contributed by atoms with Crippen molar-refractivity contribution in [3.05, 3.63) is 59.7 Å². The van der Waals surface area contributed by atoms with Gasteiger partial charge in [-0.3, -0.25) is 4.98 Å². The van der Waals surface area contributed by atoms with Gasteiger partial charge in [0.2, 0.25) is 0 Å². The van der Waals surface area contributed by atoms with Gasteiger partial charge in [0.25, 0.3) is 0 Å². The molecule has 4 heteroatoms. The molecule has 1 heterocycles. The monoisotopic (exact) mass is 246 g/mol. The summed E-state index contributed by atoms with van der Waals surface area (Å²) in [4.78, 5) is 4.04. The van der Waals surface area contributed by atoms with E-state index in [2.05, 4.69) is 4.98 Å². The van der Waals surface area contributed by atoms with Gasteiger partial charge in [0.15, 0.2) is 0 Å². The van der Waals surface area contributed by atoms with Crippen LogP contribution in [-0.4, -0.2) is 11.5 Å². The minimum absolute atomic E-state index is 0.273. The molecular weight excluding hydrogens is 231 g/mol. The maximum atomic E-state index is 13.0. The van der Waals surface area contributed by atoms with Gasteiger partial charge < -0.3 is 10.5 Å². The number of hydrogen-bond donors (Lipinski definition) is 1. The summed E-state index contributed by atoms with van der Waals surface area (Å²) >= 11 is 0. The number of pyridine rings is 1. The highest BCUT2D eigenvalue weighted by Gasteiger charge is 2.13. The molecule has 0 bridgehead atoms. The summed E-state index contributed by atoms with van der Waals surface area (Å²) in [5.41, 5.74) is 7.36. The predicted molar refractivity (Wildman–Crippen MR) is 67.8 cm³/mol. The fourth-order valence-corrected chi connectivity index (χ4v) is 1.72. The lowest BCUT2D eigenvalue weighted by atomic mass is 10.1. The molecule has 1 aromatic carbocycles. The fourth-order valence-electron chi connectivity index (χ4n) is 1.72. The normalized spacial score (nSPS) is 12.2. The first-order chi connectivity index (χ1) is 8.70. The van der Waals surface area contributed by atoms with Crippen LogP contribution in [0.2, 0.25) is 0 Å².